The molecule has 1 aromatic carbocycles. The molecule has 1 atom stereocenters. The molecule has 0 aliphatic heterocycles. The van der Waals surface area contributed by atoms with E-state index in [1.165, 1.54) is 4.68 Å². The van der Waals surface area contributed by atoms with Gasteiger partial charge in [0.15, 0.2) is 0 Å². The zero-order valence-corrected chi connectivity index (χ0v) is 23.1. The number of rotatable bonds is 9. The van der Waals surface area contributed by atoms with Crippen LogP contribution in [0.15, 0.2) is 41.8 Å². The Hall–Kier alpha value is -3.82. The van der Waals surface area contributed by atoms with E-state index in [0.29, 0.717) is 12.8 Å². The van der Waals surface area contributed by atoms with E-state index in [1.54, 1.807) is 20.0 Å². The van der Waals surface area contributed by atoms with Crippen LogP contribution in [0.4, 0.5) is 4.79 Å². The van der Waals surface area contributed by atoms with E-state index in [1.807, 2.05) is 12.1 Å². The van der Waals surface area contributed by atoms with E-state index in [0.717, 1.165) is 60.1 Å². The van der Waals surface area contributed by atoms with Crippen molar-refractivity contribution in [2.75, 3.05) is 27.2 Å². The van der Waals surface area contributed by atoms with E-state index in [9.17, 15) is 9.59 Å². The second-order valence-electron chi connectivity index (χ2n) is 11.5. The summed E-state index contributed by atoms with van der Waals surface area (Å²) in [6.45, 7) is 5.20. The third kappa shape index (κ3) is 5.79. The molecule has 2 aromatic heterocycles. The first kappa shape index (κ1) is 26.8. The van der Waals surface area contributed by atoms with Gasteiger partial charge in [0.05, 0.1) is 12.2 Å². The van der Waals surface area contributed by atoms with Crippen molar-refractivity contribution in [3.05, 3.63) is 63.9 Å². The number of ether oxygens (including phenoxy) is 1. The molecule has 0 radical (unpaired) electrons. The highest BCUT2D eigenvalue weighted by Gasteiger charge is 2.40. The van der Waals surface area contributed by atoms with E-state index >= 15 is 0 Å². The van der Waals surface area contributed by atoms with E-state index in [-0.39, 0.29) is 24.5 Å². The number of hydrogen-bond donors (Lipinski definition) is 0. The van der Waals surface area contributed by atoms with Crippen molar-refractivity contribution in [3.63, 3.8) is 0 Å². The average Bonchev–Trinajstić information content (AvgIpc) is 3.48. The summed E-state index contributed by atoms with van der Waals surface area (Å²) in [5, 5.41) is 8.98. The first-order valence-electron chi connectivity index (χ1n) is 13.5. The number of fused-ring (bicyclic) bond motifs is 2. The van der Waals surface area contributed by atoms with Gasteiger partial charge in [-0.3, -0.25) is 4.79 Å². The summed E-state index contributed by atoms with van der Waals surface area (Å²) in [5.74, 6) is 0.0773. The number of carbonyl (C=O) groups is 2. The lowest BCUT2D eigenvalue weighted by atomic mass is 9.91. The first-order valence-corrected chi connectivity index (χ1v) is 13.5. The minimum atomic E-state index is -0.945. The van der Waals surface area contributed by atoms with Crippen molar-refractivity contribution < 1.29 is 14.3 Å². The number of carbonyl (C=O) groups excluding carboxylic acids is 2. The monoisotopic (exact) mass is 532 g/mol. The van der Waals surface area contributed by atoms with Gasteiger partial charge >= 0.3 is 6.09 Å². The lowest BCUT2D eigenvalue weighted by Crippen LogP contribution is -2.44. The lowest BCUT2D eigenvalue weighted by Gasteiger charge is -2.34. The van der Waals surface area contributed by atoms with E-state index in [2.05, 4.69) is 61.9 Å². The van der Waals surface area contributed by atoms with Gasteiger partial charge in [-0.25, -0.2) is 4.79 Å². The van der Waals surface area contributed by atoms with E-state index < -0.39 is 11.7 Å². The van der Waals surface area contributed by atoms with Gasteiger partial charge in [-0.1, -0.05) is 11.2 Å². The van der Waals surface area contributed by atoms with Gasteiger partial charge in [-0.15, -0.1) is 0 Å². The molecule has 0 N–H and O–H groups in total. The van der Waals surface area contributed by atoms with Crippen LogP contribution < -0.4 is 0 Å². The highest BCUT2D eigenvalue weighted by Crippen LogP contribution is 2.36. The number of likely N-dealkylation sites (N-methyl/N-ethyl adjacent to an activating group) is 1. The molecule has 3 aromatic rings. The van der Waals surface area contributed by atoms with Crippen LogP contribution in [0.5, 0.6) is 0 Å². The van der Waals surface area contributed by atoms with Crippen molar-refractivity contribution in [2.45, 2.75) is 70.2 Å². The van der Waals surface area contributed by atoms with Crippen molar-refractivity contribution in [1.29, 1.82) is 0 Å². The molecule has 0 saturated heterocycles. The molecule has 0 bridgehead atoms. The van der Waals surface area contributed by atoms with Gasteiger partial charge in [0.25, 0.3) is 5.91 Å². The molecule has 2 heterocycles. The van der Waals surface area contributed by atoms with Crippen molar-refractivity contribution in [2.24, 2.45) is 5.11 Å². The Morgan fingerprint density at radius 1 is 1.21 bits per heavy atom. The smallest absolute Gasteiger partial charge is 0.435 e. The summed E-state index contributed by atoms with van der Waals surface area (Å²) in [7, 11) is 4.12. The minimum Gasteiger partial charge on any atom is -0.442 e. The molecule has 2 aliphatic carbocycles. The van der Waals surface area contributed by atoms with Crippen molar-refractivity contribution >= 4 is 22.9 Å². The van der Waals surface area contributed by atoms with Crippen LogP contribution in [0.1, 0.15) is 54.7 Å². The maximum atomic E-state index is 14.1. The Labute approximate surface area is 227 Å². The molecule has 11 heteroatoms. The maximum absolute atomic E-state index is 14.1. The maximum Gasteiger partial charge on any atom is 0.435 e. The molecule has 39 heavy (non-hydrogen) atoms. The third-order valence-corrected chi connectivity index (χ3v) is 7.51. The second kappa shape index (κ2) is 10.7. The standard InChI is InChI=1S/C28H36N8O3/c1-28(2,18-30-32-29)39-27(38)35-17-19-16-21(10-11-24(19)31-35)36(20-8-9-20)26(37)23-6-5-7-25-22(23)12-13-34(25)15-14-33(3)4/h5-7,12-13,17,20-21H,8-11,14-16,18H2,1-4H3. The van der Waals surface area contributed by atoms with Crippen LogP contribution in [0.3, 0.4) is 0 Å². The zero-order chi connectivity index (χ0) is 27.7. The number of benzene rings is 1. The number of hydrogen-bond acceptors (Lipinski definition) is 6. The Kier molecular flexibility index (Phi) is 7.38. The van der Waals surface area contributed by atoms with Crippen LogP contribution in [-0.4, -0.2) is 81.0 Å². The highest BCUT2D eigenvalue weighted by molar-refractivity contribution is 6.07. The van der Waals surface area contributed by atoms with Gasteiger partial charge in [0.2, 0.25) is 0 Å². The largest absolute Gasteiger partial charge is 0.442 e. The molecule has 11 nitrogen and oxygen atoms in total. The van der Waals surface area contributed by atoms with Crippen LogP contribution in [0.2, 0.25) is 0 Å². The molecule has 1 unspecified atom stereocenters. The fraction of sp³-hybridized carbons (Fsp3) is 0.536. The molecule has 206 valence electrons. The van der Waals surface area contributed by atoms with Crippen LogP contribution in [-0.2, 0) is 24.1 Å². The summed E-state index contributed by atoms with van der Waals surface area (Å²) in [4.78, 5) is 33.8. The Morgan fingerprint density at radius 3 is 2.72 bits per heavy atom. The van der Waals surface area contributed by atoms with Crippen LogP contribution in [0, 0.1) is 0 Å². The Morgan fingerprint density at radius 2 is 2.00 bits per heavy atom. The molecule has 0 spiro atoms. The summed E-state index contributed by atoms with van der Waals surface area (Å²) in [6, 6.07) is 8.34. The SMILES string of the molecule is CN(C)CCn1ccc2c(C(=O)N(C3CC3)C3CCc4nn(C(=O)OC(C)(C)CN=[N+]=[N-])cc4C3)cccc21. The van der Waals surface area contributed by atoms with Crippen molar-refractivity contribution in [3.8, 4) is 0 Å². The topological polar surface area (TPSA) is 121 Å². The molecule has 1 saturated carbocycles. The third-order valence-electron chi connectivity index (χ3n) is 7.51. The van der Waals surface area contributed by atoms with Crippen molar-refractivity contribution in [1.82, 2.24) is 24.1 Å². The summed E-state index contributed by atoms with van der Waals surface area (Å²) < 4.78 is 8.96. The minimum absolute atomic E-state index is 0.0303. The van der Waals surface area contributed by atoms with Gasteiger partial charge in [0, 0.05) is 58.9 Å². The fourth-order valence-corrected chi connectivity index (χ4v) is 5.37. The summed E-state index contributed by atoms with van der Waals surface area (Å²) in [6.07, 6.45) is 7.33. The number of aromatic nitrogens is 3. The van der Waals surface area contributed by atoms with E-state index in [4.69, 9.17) is 10.3 Å². The van der Waals surface area contributed by atoms with Crippen LogP contribution in [0.25, 0.3) is 21.3 Å². The number of azide groups is 1. The summed E-state index contributed by atoms with van der Waals surface area (Å²) >= 11 is 0. The molecule has 1 amide bonds. The van der Waals surface area contributed by atoms with Gasteiger partial charge < -0.3 is 19.1 Å². The lowest BCUT2D eigenvalue weighted by molar-refractivity contribution is 0.0441. The zero-order valence-electron chi connectivity index (χ0n) is 23.1. The quantitative estimate of drug-likeness (QED) is 0.226. The predicted molar refractivity (Wildman–Crippen MR) is 148 cm³/mol. The highest BCUT2D eigenvalue weighted by atomic mass is 16.6. The Bertz CT molecular complexity index is 1430. The van der Waals surface area contributed by atoms with Gasteiger partial charge in [-0.05, 0) is 89.3 Å². The Balaban J connectivity index is 1.34. The molecular weight excluding hydrogens is 496 g/mol. The van der Waals surface area contributed by atoms with Gasteiger partial charge in [0.1, 0.15) is 5.60 Å². The first-order chi connectivity index (χ1) is 18.7. The fourth-order valence-electron chi connectivity index (χ4n) is 5.37. The molecule has 1 fully saturated rings. The van der Waals surface area contributed by atoms with Gasteiger partial charge in [-0.2, -0.15) is 9.78 Å². The summed E-state index contributed by atoms with van der Waals surface area (Å²) in [5.41, 5.74) is 11.3. The second-order valence-corrected chi connectivity index (χ2v) is 11.5. The number of amides is 1. The molecule has 5 rings (SSSR count). The number of aryl methyl sites for hydroxylation is 1. The molecular formula is C28H36N8O3. The normalized spacial score (nSPS) is 17.1. The number of nitrogens with zero attached hydrogens (tertiary/aromatic N) is 8. The average molecular weight is 533 g/mol. The van der Waals surface area contributed by atoms with Crippen LogP contribution >= 0.6 is 0 Å². The molecule has 2 aliphatic rings. The predicted octanol–water partition coefficient (Wildman–Crippen LogP) is 4.64.